The number of amides is 1. The minimum Gasteiger partial charge on any atom is -0.268 e. The van der Waals surface area contributed by atoms with Crippen molar-refractivity contribution < 1.29 is 13.2 Å². The highest BCUT2D eigenvalue weighted by Crippen LogP contribution is 2.26. The van der Waals surface area contributed by atoms with E-state index in [1.54, 1.807) is 12.1 Å². The molecule has 0 bridgehead atoms. The second-order valence-electron chi connectivity index (χ2n) is 4.32. The van der Waals surface area contributed by atoms with E-state index >= 15 is 0 Å². The Balaban J connectivity index is 2.61. The fourth-order valence-electron chi connectivity index (χ4n) is 1.90. The van der Waals surface area contributed by atoms with Crippen LogP contribution in [-0.4, -0.2) is 14.3 Å². The Hall–Kier alpha value is -1.36. The molecule has 16 heavy (non-hydrogen) atoms. The van der Waals surface area contributed by atoms with Crippen LogP contribution in [0, 0.1) is 5.92 Å². The lowest BCUT2D eigenvalue weighted by molar-refractivity contribution is 0.0984. The monoisotopic (exact) mass is 239 g/mol. The summed E-state index contributed by atoms with van der Waals surface area (Å²) in [5, 5.41) is 0. The number of carbonyl (C=O) groups is 1. The zero-order valence-electron chi connectivity index (χ0n) is 9.15. The molecule has 5 heteroatoms. The van der Waals surface area contributed by atoms with E-state index in [-0.39, 0.29) is 4.90 Å². The molecule has 0 saturated carbocycles. The number of sulfonamides is 1. The molecule has 1 heterocycles. The summed E-state index contributed by atoms with van der Waals surface area (Å²) >= 11 is 0. The molecule has 86 valence electrons. The minimum atomic E-state index is -3.61. The van der Waals surface area contributed by atoms with Crippen LogP contribution in [0.1, 0.15) is 29.8 Å². The molecule has 1 amide bonds. The zero-order chi connectivity index (χ0) is 11.9. The van der Waals surface area contributed by atoms with Gasteiger partial charge in [-0.3, -0.25) is 4.79 Å². The first-order valence-electron chi connectivity index (χ1n) is 5.11. The van der Waals surface area contributed by atoms with Gasteiger partial charge >= 0.3 is 0 Å². The maximum Gasteiger partial charge on any atom is 0.266 e. The van der Waals surface area contributed by atoms with Crippen LogP contribution >= 0.6 is 0 Å². The predicted molar refractivity (Wildman–Crippen MR) is 59.6 cm³/mol. The van der Waals surface area contributed by atoms with E-state index < -0.39 is 15.9 Å². The van der Waals surface area contributed by atoms with Crippen molar-refractivity contribution in [3.8, 4) is 0 Å². The molecule has 4 nitrogen and oxygen atoms in total. The molecule has 0 atom stereocenters. The van der Waals surface area contributed by atoms with Crippen LogP contribution in [0.25, 0.3) is 0 Å². The third kappa shape index (κ3) is 1.71. The van der Waals surface area contributed by atoms with Crippen molar-refractivity contribution in [1.29, 1.82) is 0 Å². The van der Waals surface area contributed by atoms with Crippen molar-refractivity contribution in [2.45, 2.75) is 25.2 Å². The molecule has 1 aromatic carbocycles. The lowest BCUT2D eigenvalue weighted by Crippen LogP contribution is -2.21. The summed E-state index contributed by atoms with van der Waals surface area (Å²) in [6.45, 7) is 4.06. The Morgan fingerprint density at radius 2 is 2.00 bits per heavy atom. The van der Waals surface area contributed by atoms with E-state index in [1.165, 1.54) is 6.07 Å². The van der Waals surface area contributed by atoms with Gasteiger partial charge in [0.1, 0.15) is 4.90 Å². The summed E-state index contributed by atoms with van der Waals surface area (Å²) in [6.07, 6.45) is 0.701. The van der Waals surface area contributed by atoms with Gasteiger partial charge in [-0.15, -0.1) is 0 Å². The number of carbonyl (C=O) groups excluding carboxylic acids is 1. The summed E-state index contributed by atoms with van der Waals surface area (Å²) in [4.78, 5) is 11.7. The van der Waals surface area contributed by atoms with Gasteiger partial charge in [-0.1, -0.05) is 26.0 Å². The molecule has 0 aliphatic carbocycles. The molecule has 0 fully saturated rings. The predicted octanol–water partition coefficient (Wildman–Crippen LogP) is 1.32. The summed E-state index contributed by atoms with van der Waals surface area (Å²) in [5.74, 6) is -0.131. The molecule has 0 saturated heterocycles. The maximum absolute atomic E-state index is 11.6. The highest BCUT2D eigenvalue weighted by Gasteiger charge is 2.34. The number of fused-ring (bicyclic) bond motifs is 1. The number of hydrogen-bond donors (Lipinski definition) is 1. The number of rotatable bonds is 2. The second-order valence-corrected chi connectivity index (χ2v) is 5.97. The average molecular weight is 239 g/mol. The number of nitrogens with one attached hydrogen (secondary N) is 1. The standard InChI is InChI=1S/C11H13NO3S/c1-7(2)6-8-4-3-5-9-10(8)11(13)12-16(9,14)15/h3-5,7H,6H2,1-2H3,(H,12,13). The topological polar surface area (TPSA) is 63.2 Å². The second kappa shape index (κ2) is 3.59. The molecule has 1 N–H and O–H groups in total. The molecule has 1 aliphatic heterocycles. The van der Waals surface area contributed by atoms with Crippen LogP contribution in [0.15, 0.2) is 23.1 Å². The fourth-order valence-corrected chi connectivity index (χ4v) is 3.10. The van der Waals surface area contributed by atoms with Gasteiger partial charge in [0, 0.05) is 0 Å². The van der Waals surface area contributed by atoms with Crippen LogP contribution in [0.5, 0.6) is 0 Å². The molecule has 0 spiro atoms. The van der Waals surface area contributed by atoms with Gasteiger partial charge in [-0.25, -0.2) is 13.1 Å². The molecule has 0 unspecified atom stereocenters. The van der Waals surface area contributed by atoms with E-state index in [9.17, 15) is 13.2 Å². The van der Waals surface area contributed by atoms with Crippen LogP contribution < -0.4 is 4.72 Å². The molecular formula is C11H13NO3S. The Labute approximate surface area is 94.7 Å². The first-order valence-corrected chi connectivity index (χ1v) is 6.59. The summed E-state index contributed by atoms with van der Waals surface area (Å²) in [6, 6.07) is 4.94. The average Bonchev–Trinajstić information content (AvgIpc) is 2.37. The molecule has 1 aromatic rings. The first-order chi connectivity index (χ1) is 7.42. The van der Waals surface area contributed by atoms with Gasteiger partial charge in [0.05, 0.1) is 5.56 Å². The van der Waals surface area contributed by atoms with E-state index in [1.807, 2.05) is 18.6 Å². The summed E-state index contributed by atoms with van der Waals surface area (Å²) < 4.78 is 25.1. The number of benzene rings is 1. The normalized spacial score (nSPS) is 17.3. The lowest BCUT2D eigenvalue weighted by Gasteiger charge is -2.07. The fraction of sp³-hybridized carbons (Fsp3) is 0.364. The van der Waals surface area contributed by atoms with Crippen molar-refractivity contribution in [2.75, 3.05) is 0 Å². The van der Waals surface area contributed by atoms with Gasteiger partial charge in [-0.2, -0.15) is 0 Å². The van der Waals surface area contributed by atoms with Crippen molar-refractivity contribution in [3.05, 3.63) is 29.3 Å². The Morgan fingerprint density at radius 1 is 1.31 bits per heavy atom. The highest BCUT2D eigenvalue weighted by molar-refractivity contribution is 7.90. The third-order valence-electron chi connectivity index (χ3n) is 2.48. The highest BCUT2D eigenvalue weighted by atomic mass is 32.2. The van der Waals surface area contributed by atoms with Crippen molar-refractivity contribution in [1.82, 2.24) is 4.72 Å². The Bertz CT molecular complexity index is 546. The van der Waals surface area contributed by atoms with Crippen LogP contribution in [-0.2, 0) is 16.4 Å². The van der Waals surface area contributed by atoms with Crippen LogP contribution in [0.3, 0.4) is 0 Å². The smallest absolute Gasteiger partial charge is 0.266 e. The lowest BCUT2D eigenvalue weighted by atomic mass is 9.98. The van der Waals surface area contributed by atoms with Gasteiger partial charge < -0.3 is 0 Å². The number of hydrogen-bond acceptors (Lipinski definition) is 3. The Kier molecular flexibility index (Phi) is 2.50. The summed E-state index contributed by atoms with van der Waals surface area (Å²) in [5.41, 5.74) is 1.11. The van der Waals surface area contributed by atoms with Crippen LogP contribution in [0.2, 0.25) is 0 Å². The molecule has 2 rings (SSSR count). The van der Waals surface area contributed by atoms with E-state index in [0.29, 0.717) is 17.9 Å². The zero-order valence-corrected chi connectivity index (χ0v) is 9.97. The molecule has 0 radical (unpaired) electrons. The van der Waals surface area contributed by atoms with Crippen molar-refractivity contribution >= 4 is 15.9 Å². The summed E-state index contributed by atoms with van der Waals surface area (Å²) in [7, 11) is -3.61. The molecule has 1 aliphatic rings. The van der Waals surface area contributed by atoms with E-state index in [0.717, 1.165) is 5.56 Å². The van der Waals surface area contributed by atoms with E-state index in [2.05, 4.69) is 0 Å². The van der Waals surface area contributed by atoms with Gasteiger partial charge in [0.2, 0.25) is 0 Å². The quantitative estimate of drug-likeness (QED) is 0.846. The molecule has 0 aromatic heterocycles. The SMILES string of the molecule is CC(C)Cc1cccc2c1C(=O)NS2(=O)=O. The van der Waals surface area contributed by atoms with Gasteiger partial charge in [0.15, 0.2) is 0 Å². The Morgan fingerprint density at radius 3 is 2.62 bits per heavy atom. The van der Waals surface area contributed by atoms with Crippen molar-refractivity contribution in [3.63, 3.8) is 0 Å². The molecular weight excluding hydrogens is 226 g/mol. The van der Waals surface area contributed by atoms with Crippen molar-refractivity contribution in [2.24, 2.45) is 5.92 Å². The largest absolute Gasteiger partial charge is 0.268 e. The van der Waals surface area contributed by atoms with Crippen LogP contribution in [0.4, 0.5) is 0 Å². The van der Waals surface area contributed by atoms with Gasteiger partial charge in [-0.05, 0) is 24.0 Å². The van der Waals surface area contributed by atoms with Gasteiger partial charge in [0.25, 0.3) is 15.9 Å². The third-order valence-corrected chi connectivity index (χ3v) is 3.86. The van der Waals surface area contributed by atoms with E-state index in [4.69, 9.17) is 0 Å². The first kappa shape index (κ1) is 11.1. The maximum atomic E-state index is 11.6. The minimum absolute atomic E-state index is 0.107.